The maximum absolute atomic E-state index is 13.5. The van der Waals surface area contributed by atoms with Crippen LogP contribution in [0.3, 0.4) is 0 Å². The van der Waals surface area contributed by atoms with Gasteiger partial charge in [0.15, 0.2) is 9.84 Å². The van der Waals surface area contributed by atoms with Gasteiger partial charge in [-0.15, -0.1) is 0 Å². The van der Waals surface area contributed by atoms with E-state index in [0.29, 0.717) is 19.0 Å². The van der Waals surface area contributed by atoms with E-state index in [0.717, 1.165) is 43.2 Å². The van der Waals surface area contributed by atoms with Gasteiger partial charge in [0.1, 0.15) is 5.75 Å². The summed E-state index contributed by atoms with van der Waals surface area (Å²) in [7, 11) is -4.61. The smallest absolute Gasteiger partial charge is 0.258 e. The van der Waals surface area contributed by atoms with Crippen LogP contribution in [-0.2, 0) is 27.7 Å². The van der Waals surface area contributed by atoms with E-state index in [2.05, 4.69) is 18.2 Å². The molecule has 0 spiro atoms. The number of rotatable bonds is 5. The first-order chi connectivity index (χ1) is 16.0. The lowest BCUT2D eigenvalue weighted by Crippen LogP contribution is -2.26. The molecule has 166 valence electrons. The lowest BCUT2D eigenvalue weighted by atomic mass is 9.90. The second-order valence-corrected chi connectivity index (χ2v) is 9.88. The van der Waals surface area contributed by atoms with Crippen molar-refractivity contribution in [3.8, 4) is 5.75 Å². The van der Waals surface area contributed by atoms with Gasteiger partial charge >= 0.3 is 0 Å². The molecule has 0 aliphatic carbocycles. The average Bonchev–Trinajstić information content (AvgIpc) is 3.21. The first-order valence-corrected chi connectivity index (χ1v) is 12.0. The number of nitrogens with zero attached hydrogens (tertiary/aromatic N) is 1. The van der Waals surface area contributed by atoms with Gasteiger partial charge in [-0.3, -0.25) is 4.79 Å². The molecular formula is C24H29NO5S. The normalized spacial score (nSPS) is 18.9. The van der Waals surface area contributed by atoms with Crippen molar-refractivity contribution in [1.82, 2.24) is 4.90 Å². The third-order valence-electron chi connectivity index (χ3n) is 5.79. The first-order valence-electron chi connectivity index (χ1n) is 12.0. The quantitative estimate of drug-likeness (QED) is 0.692. The summed E-state index contributed by atoms with van der Waals surface area (Å²) in [6.45, 7) is 5.87. The Morgan fingerprint density at radius 2 is 1.87 bits per heavy atom. The molecule has 2 heterocycles. The van der Waals surface area contributed by atoms with Crippen molar-refractivity contribution in [2.24, 2.45) is 0 Å². The number of hydrogen-bond donors (Lipinski definition) is 0. The molecule has 31 heavy (non-hydrogen) atoms. The Kier molecular flexibility index (Phi) is 5.07. The van der Waals surface area contributed by atoms with Gasteiger partial charge in [-0.1, -0.05) is 18.2 Å². The van der Waals surface area contributed by atoms with Gasteiger partial charge in [-0.2, -0.15) is 0 Å². The molecule has 0 N–H and O–H groups in total. The number of carbonyl (C=O) groups excluding carboxylic acids is 1. The number of ether oxygens (including phenoxy) is 2. The van der Waals surface area contributed by atoms with E-state index in [9.17, 15) is 13.2 Å². The molecule has 0 atom stereocenters. The van der Waals surface area contributed by atoms with E-state index in [1.165, 1.54) is 17.7 Å². The zero-order chi connectivity index (χ0) is 24.7. The van der Waals surface area contributed by atoms with Gasteiger partial charge in [-0.05, 0) is 67.5 Å². The van der Waals surface area contributed by atoms with E-state index in [1.807, 2.05) is 0 Å². The summed E-state index contributed by atoms with van der Waals surface area (Å²) in [4.78, 5) is 14.7. The standard InChI is InChI=1S/C24H29NO5S/c1-16(2)30-23-7-6-21(31(3,27)28)13-22(23)24(26)25-14-19-5-4-18(12-20(19)15-25)17-8-10-29-11-9-17/h4-7,12-13,16-17H,8-11,14-15H2,1-3H3/i3T3. The third kappa shape index (κ3) is 4.77. The van der Waals surface area contributed by atoms with Crippen LogP contribution in [0.4, 0.5) is 0 Å². The van der Waals surface area contributed by atoms with E-state index in [1.54, 1.807) is 18.7 Å². The molecule has 7 heteroatoms. The highest BCUT2D eigenvalue weighted by Gasteiger charge is 2.28. The topological polar surface area (TPSA) is 72.9 Å². The average molecular weight is 450 g/mol. The molecule has 0 radical (unpaired) electrons. The number of benzene rings is 2. The van der Waals surface area contributed by atoms with Crippen molar-refractivity contribution < 1.29 is 26.8 Å². The first kappa shape index (κ1) is 18.2. The van der Waals surface area contributed by atoms with E-state index >= 15 is 0 Å². The number of amides is 1. The lowest BCUT2D eigenvalue weighted by Gasteiger charge is -2.22. The van der Waals surface area contributed by atoms with Gasteiger partial charge in [0, 0.05) is 36.6 Å². The van der Waals surface area contributed by atoms with E-state index in [4.69, 9.17) is 13.6 Å². The maximum Gasteiger partial charge on any atom is 0.258 e. The van der Waals surface area contributed by atoms with Crippen molar-refractivity contribution in [3.63, 3.8) is 0 Å². The molecule has 4 rings (SSSR count). The van der Waals surface area contributed by atoms with Crippen LogP contribution >= 0.6 is 0 Å². The molecule has 0 unspecified atom stereocenters. The van der Waals surface area contributed by atoms with E-state index in [-0.39, 0.29) is 17.4 Å². The number of carbonyl (C=O) groups is 1. The highest BCUT2D eigenvalue weighted by Crippen LogP contribution is 2.33. The summed E-state index contributed by atoms with van der Waals surface area (Å²) in [5.41, 5.74) is 3.39. The third-order valence-corrected chi connectivity index (χ3v) is 6.66. The van der Waals surface area contributed by atoms with Crippen molar-refractivity contribution >= 4 is 15.7 Å². The molecular weight excluding hydrogens is 414 g/mol. The molecule has 2 aliphatic rings. The highest BCUT2D eigenvalue weighted by molar-refractivity contribution is 7.90. The molecule has 1 saturated heterocycles. The summed E-state index contributed by atoms with van der Waals surface area (Å²) in [6, 6.07) is 9.97. The second-order valence-electron chi connectivity index (χ2n) is 8.40. The summed E-state index contributed by atoms with van der Waals surface area (Å²) in [6.07, 6.45) is -1.53. The van der Waals surface area contributed by atoms with Gasteiger partial charge < -0.3 is 14.4 Å². The number of fused-ring (bicyclic) bond motifs is 1. The van der Waals surface area contributed by atoms with Crippen LogP contribution in [0.1, 0.15) is 63.8 Å². The monoisotopic (exact) mass is 449 g/mol. The minimum Gasteiger partial charge on any atom is -0.490 e. The maximum atomic E-state index is 13.5. The van der Waals surface area contributed by atoms with Crippen molar-refractivity contribution in [2.45, 2.75) is 56.7 Å². The van der Waals surface area contributed by atoms with Crippen LogP contribution < -0.4 is 4.74 Å². The summed E-state index contributed by atoms with van der Waals surface area (Å²) >= 11 is 0. The zero-order valence-electron chi connectivity index (χ0n) is 20.8. The van der Waals surface area contributed by atoms with Crippen LogP contribution in [0.5, 0.6) is 5.75 Å². The summed E-state index contributed by atoms with van der Waals surface area (Å²) in [5, 5.41) is 0. The van der Waals surface area contributed by atoms with Crippen molar-refractivity contribution in [3.05, 3.63) is 58.7 Å². The molecule has 1 fully saturated rings. The van der Waals surface area contributed by atoms with Crippen LogP contribution in [0.2, 0.25) is 0 Å². The minimum atomic E-state index is -4.61. The fraction of sp³-hybridized carbons (Fsp3) is 0.458. The number of sulfone groups is 1. The highest BCUT2D eigenvalue weighted by atomic mass is 32.2. The van der Waals surface area contributed by atoms with Gasteiger partial charge in [0.2, 0.25) is 0 Å². The Labute approximate surface area is 188 Å². The number of hydrogen-bond acceptors (Lipinski definition) is 5. The SMILES string of the molecule is [3H]C([3H])([3H])S(=O)(=O)c1ccc(OC(C)C)c(C(=O)N2Cc3ccc(C4CCOCC4)cc3C2)c1. The van der Waals surface area contributed by atoms with E-state index < -0.39 is 26.8 Å². The molecule has 0 aromatic heterocycles. The van der Waals surface area contributed by atoms with Gasteiger partial charge in [-0.25, -0.2) is 8.42 Å². The van der Waals surface area contributed by atoms with Crippen LogP contribution in [-0.4, -0.2) is 44.7 Å². The largest absolute Gasteiger partial charge is 0.490 e. The fourth-order valence-electron chi connectivity index (χ4n) is 4.21. The van der Waals surface area contributed by atoms with Crippen molar-refractivity contribution in [1.29, 1.82) is 0 Å². The van der Waals surface area contributed by atoms with Gasteiger partial charge in [0.25, 0.3) is 5.91 Å². The zero-order valence-corrected chi connectivity index (χ0v) is 18.6. The second kappa shape index (κ2) is 8.63. The molecule has 2 aromatic rings. The Bertz CT molecular complexity index is 1190. The molecule has 1 amide bonds. The molecule has 6 nitrogen and oxygen atoms in total. The molecule has 0 bridgehead atoms. The Hall–Kier alpha value is -2.38. The molecule has 0 saturated carbocycles. The van der Waals surface area contributed by atoms with Crippen LogP contribution in [0, 0.1) is 0 Å². The molecule has 2 aliphatic heterocycles. The minimum absolute atomic E-state index is 0.0384. The predicted octanol–water partition coefficient (Wildman–Crippen LogP) is 3.93. The summed E-state index contributed by atoms with van der Waals surface area (Å²) in [5.74, 6) is 0.266. The van der Waals surface area contributed by atoms with Crippen molar-refractivity contribution in [2.75, 3.05) is 19.4 Å². The molecule has 2 aromatic carbocycles. The predicted molar refractivity (Wildman–Crippen MR) is 118 cm³/mol. The Morgan fingerprint density at radius 3 is 2.58 bits per heavy atom. The van der Waals surface area contributed by atoms with Gasteiger partial charge in [0.05, 0.1) is 16.6 Å². The Balaban J connectivity index is 1.63. The fourth-order valence-corrected chi connectivity index (χ4v) is 4.73. The van der Waals surface area contributed by atoms with Crippen LogP contribution in [0.15, 0.2) is 41.3 Å². The lowest BCUT2D eigenvalue weighted by molar-refractivity contribution is 0.0745. The summed E-state index contributed by atoms with van der Waals surface area (Å²) < 4.78 is 58.4. The Morgan fingerprint density at radius 1 is 1.13 bits per heavy atom. The van der Waals surface area contributed by atoms with Crippen LogP contribution in [0.25, 0.3) is 0 Å².